The number of nitrogens with two attached hydrogens (primary N) is 1. The minimum Gasteiger partial charge on any atom is -0.504 e. The van der Waals surface area contributed by atoms with Crippen molar-refractivity contribution in [2.24, 2.45) is 5.73 Å². The Morgan fingerprint density at radius 2 is 2.23 bits per heavy atom. The third-order valence-corrected chi connectivity index (χ3v) is 1.56. The summed E-state index contributed by atoms with van der Waals surface area (Å²) in [6, 6.07) is 2.20. The lowest BCUT2D eigenvalue weighted by molar-refractivity contribution is 0.0993. The van der Waals surface area contributed by atoms with Gasteiger partial charge in [0.2, 0.25) is 0 Å². The van der Waals surface area contributed by atoms with Crippen LogP contribution in [0.1, 0.15) is 10.4 Å². The number of hydrogen-bond acceptors (Lipinski definition) is 3. The van der Waals surface area contributed by atoms with Gasteiger partial charge >= 0.3 is 0 Å². The van der Waals surface area contributed by atoms with E-state index in [1.165, 1.54) is 13.2 Å². The summed E-state index contributed by atoms with van der Waals surface area (Å²) in [4.78, 5) is 10.7. The molecular formula is C8H8FNO3. The summed E-state index contributed by atoms with van der Waals surface area (Å²) in [5.41, 5.74) is 4.29. The van der Waals surface area contributed by atoms with Crippen LogP contribution in [0, 0.1) is 5.82 Å². The molecule has 0 aliphatic rings. The van der Waals surface area contributed by atoms with Gasteiger partial charge in [-0.25, -0.2) is 4.39 Å². The van der Waals surface area contributed by atoms with Crippen LogP contribution < -0.4 is 10.5 Å². The first-order valence-electron chi connectivity index (χ1n) is 3.43. The molecule has 0 aromatic heterocycles. The Kier molecular flexibility index (Phi) is 2.36. The number of hydrogen-bond donors (Lipinski definition) is 2. The van der Waals surface area contributed by atoms with Crippen molar-refractivity contribution in [3.8, 4) is 11.5 Å². The van der Waals surface area contributed by atoms with Crippen molar-refractivity contribution in [1.82, 2.24) is 0 Å². The van der Waals surface area contributed by atoms with Crippen molar-refractivity contribution < 1.29 is 19.0 Å². The number of carbonyl (C=O) groups is 1. The Hall–Kier alpha value is -1.78. The number of aromatic hydroxyl groups is 1. The van der Waals surface area contributed by atoms with E-state index in [1.54, 1.807) is 0 Å². The van der Waals surface area contributed by atoms with Crippen LogP contribution in [0.15, 0.2) is 12.1 Å². The van der Waals surface area contributed by atoms with Crippen LogP contribution in [0.4, 0.5) is 4.39 Å². The summed E-state index contributed by atoms with van der Waals surface area (Å²) in [6.45, 7) is 0. The van der Waals surface area contributed by atoms with E-state index in [0.29, 0.717) is 0 Å². The molecule has 13 heavy (non-hydrogen) atoms. The highest BCUT2D eigenvalue weighted by molar-refractivity contribution is 5.96. The number of rotatable bonds is 2. The highest BCUT2D eigenvalue weighted by Crippen LogP contribution is 2.30. The second-order valence-corrected chi connectivity index (χ2v) is 2.34. The standard InChI is InChI=1S/C8H8FNO3/c1-13-5-3-2-4(9)6(7(5)11)8(10)12/h2-3,11H,1H3,(H2,10,12). The average molecular weight is 185 g/mol. The molecule has 0 fully saturated rings. The molecular weight excluding hydrogens is 177 g/mol. The Morgan fingerprint density at radius 3 is 2.69 bits per heavy atom. The van der Waals surface area contributed by atoms with E-state index in [-0.39, 0.29) is 5.75 Å². The molecule has 1 rings (SSSR count). The number of benzene rings is 1. The van der Waals surface area contributed by atoms with Crippen LogP contribution in [0.2, 0.25) is 0 Å². The molecule has 70 valence electrons. The normalized spacial score (nSPS) is 9.69. The number of methoxy groups -OCH3 is 1. The number of amides is 1. The summed E-state index contributed by atoms with van der Waals surface area (Å²) < 4.78 is 17.6. The first-order valence-corrected chi connectivity index (χ1v) is 3.43. The molecule has 5 heteroatoms. The molecule has 0 radical (unpaired) electrons. The maximum Gasteiger partial charge on any atom is 0.255 e. The quantitative estimate of drug-likeness (QED) is 0.710. The van der Waals surface area contributed by atoms with Crippen molar-refractivity contribution in [1.29, 1.82) is 0 Å². The summed E-state index contributed by atoms with van der Waals surface area (Å²) in [5.74, 6) is -2.47. The molecule has 1 aromatic carbocycles. The number of halogens is 1. The zero-order valence-corrected chi connectivity index (χ0v) is 6.87. The summed E-state index contributed by atoms with van der Waals surface area (Å²) in [5, 5.41) is 9.27. The molecule has 1 aromatic rings. The van der Waals surface area contributed by atoms with Gasteiger partial charge in [-0.05, 0) is 12.1 Å². The topological polar surface area (TPSA) is 72.5 Å². The van der Waals surface area contributed by atoms with Crippen LogP contribution in [-0.4, -0.2) is 18.1 Å². The number of primary amides is 1. The van der Waals surface area contributed by atoms with E-state index < -0.39 is 23.0 Å². The van der Waals surface area contributed by atoms with Crippen LogP contribution in [-0.2, 0) is 0 Å². The molecule has 4 nitrogen and oxygen atoms in total. The van der Waals surface area contributed by atoms with Gasteiger partial charge in [0.05, 0.1) is 7.11 Å². The molecule has 0 atom stereocenters. The van der Waals surface area contributed by atoms with Gasteiger partial charge in [0, 0.05) is 0 Å². The largest absolute Gasteiger partial charge is 0.504 e. The third-order valence-electron chi connectivity index (χ3n) is 1.56. The van der Waals surface area contributed by atoms with E-state index in [2.05, 4.69) is 4.74 Å². The lowest BCUT2D eigenvalue weighted by Gasteiger charge is -2.06. The predicted octanol–water partition coefficient (Wildman–Crippen LogP) is 0.639. The van der Waals surface area contributed by atoms with Gasteiger partial charge in [0.15, 0.2) is 11.5 Å². The predicted molar refractivity (Wildman–Crippen MR) is 43.1 cm³/mol. The maximum atomic E-state index is 12.9. The second-order valence-electron chi connectivity index (χ2n) is 2.34. The Labute approximate surface area is 73.7 Å². The second kappa shape index (κ2) is 3.30. The highest BCUT2D eigenvalue weighted by Gasteiger charge is 2.17. The number of carbonyl (C=O) groups excluding carboxylic acids is 1. The summed E-state index contributed by atoms with van der Waals surface area (Å²) in [7, 11) is 1.29. The average Bonchev–Trinajstić information content (AvgIpc) is 2.04. The lowest BCUT2D eigenvalue weighted by Crippen LogP contribution is -2.13. The monoisotopic (exact) mass is 185 g/mol. The molecule has 0 aliphatic heterocycles. The summed E-state index contributed by atoms with van der Waals surface area (Å²) in [6.07, 6.45) is 0. The number of phenols is 1. The van der Waals surface area contributed by atoms with Crippen molar-refractivity contribution in [2.75, 3.05) is 7.11 Å². The molecule has 0 aliphatic carbocycles. The Morgan fingerprint density at radius 1 is 1.62 bits per heavy atom. The fourth-order valence-corrected chi connectivity index (χ4v) is 0.947. The van der Waals surface area contributed by atoms with Gasteiger partial charge in [0.1, 0.15) is 11.4 Å². The minimum atomic E-state index is -1.03. The minimum absolute atomic E-state index is 0.00944. The van der Waals surface area contributed by atoms with Crippen molar-refractivity contribution in [3.63, 3.8) is 0 Å². The number of ether oxygens (including phenoxy) is 1. The van der Waals surface area contributed by atoms with Crippen molar-refractivity contribution in [3.05, 3.63) is 23.5 Å². The molecule has 0 saturated carbocycles. The van der Waals surface area contributed by atoms with Gasteiger partial charge < -0.3 is 15.6 Å². The molecule has 0 spiro atoms. The Balaban J connectivity index is 3.38. The van der Waals surface area contributed by atoms with E-state index in [4.69, 9.17) is 5.73 Å². The zero-order valence-electron chi connectivity index (χ0n) is 6.87. The van der Waals surface area contributed by atoms with Crippen LogP contribution in [0.5, 0.6) is 11.5 Å². The van der Waals surface area contributed by atoms with E-state index in [9.17, 15) is 14.3 Å². The smallest absolute Gasteiger partial charge is 0.255 e. The van der Waals surface area contributed by atoms with Gasteiger partial charge in [-0.15, -0.1) is 0 Å². The van der Waals surface area contributed by atoms with E-state index in [0.717, 1.165) is 6.07 Å². The van der Waals surface area contributed by atoms with Gasteiger partial charge in [-0.3, -0.25) is 4.79 Å². The van der Waals surface area contributed by atoms with Crippen LogP contribution in [0.25, 0.3) is 0 Å². The van der Waals surface area contributed by atoms with Crippen LogP contribution in [0.3, 0.4) is 0 Å². The highest BCUT2D eigenvalue weighted by atomic mass is 19.1. The van der Waals surface area contributed by atoms with Crippen LogP contribution >= 0.6 is 0 Å². The first kappa shape index (κ1) is 9.31. The van der Waals surface area contributed by atoms with Crippen molar-refractivity contribution >= 4 is 5.91 Å². The third kappa shape index (κ3) is 1.53. The zero-order chi connectivity index (χ0) is 10.0. The van der Waals surface area contributed by atoms with Gasteiger partial charge in [-0.1, -0.05) is 0 Å². The molecule has 0 heterocycles. The first-order chi connectivity index (χ1) is 6.07. The lowest BCUT2D eigenvalue weighted by atomic mass is 10.1. The van der Waals surface area contributed by atoms with Gasteiger partial charge in [0.25, 0.3) is 5.91 Å². The molecule has 0 bridgehead atoms. The molecule has 1 amide bonds. The van der Waals surface area contributed by atoms with Crippen molar-refractivity contribution in [2.45, 2.75) is 0 Å². The fraction of sp³-hybridized carbons (Fsp3) is 0.125. The molecule has 0 saturated heterocycles. The van der Waals surface area contributed by atoms with E-state index in [1.807, 2.05) is 0 Å². The fourth-order valence-electron chi connectivity index (χ4n) is 0.947. The summed E-state index contributed by atoms with van der Waals surface area (Å²) >= 11 is 0. The molecule has 3 N–H and O–H groups in total. The van der Waals surface area contributed by atoms with E-state index >= 15 is 0 Å². The SMILES string of the molecule is COc1ccc(F)c(C(N)=O)c1O. The van der Waals surface area contributed by atoms with Gasteiger partial charge in [-0.2, -0.15) is 0 Å². The Bertz CT molecular complexity index is 351. The maximum absolute atomic E-state index is 12.9. The molecule has 0 unspecified atom stereocenters.